The Hall–Kier alpha value is -3.28. The fourth-order valence-corrected chi connectivity index (χ4v) is 3.20. The van der Waals surface area contributed by atoms with Crippen LogP contribution in [0.3, 0.4) is 0 Å². The summed E-state index contributed by atoms with van der Waals surface area (Å²) in [7, 11) is 0. The maximum Gasteiger partial charge on any atom is 0.331 e. The van der Waals surface area contributed by atoms with Gasteiger partial charge in [0.1, 0.15) is 5.82 Å². The van der Waals surface area contributed by atoms with Gasteiger partial charge in [-0.2, -0.15) is 0 Å². The minimum absolute atomic E-state index is 0.213. The second kappa shape index (κ2) is 6.55. The summed E-state index contributed by atoms with van der Waals surface area (Å²) in [6.07, 6.45) is 3.44. The molecule has 0 N–H and O–H groups in total. The molecule has 26 heavy (non-hydrogen) atoms. The van der Waals surface area contributed by atoms with Crippen LogP contribution >= 0.6 is 0 Å². The number of carbonyl (C=O) groups excluding carboxylic acids is 2. The van der Waals surface area contributed by atoms with Gasteiger partial charge in [-0.05, 0) is 17.7 Å². The Kier molecular flexibility index (Phi) is 4.08. The molecule has 5 nitrogen and oxygen atoms in total. The van der Waals surface area contributed by atoms with Gasteiger partial charge < -0.3 is 4.90 Å². The van der Waals surface area contributed by atoms with Gasteiger partial charge in [-0.15, -0.1) is 0 Å². The van der Waals surface area contributed by atoms with Crippen molar-refractivity contribution in [3.8, 4) is 0 Å². The van der Waals surface area contributed by atoms with Crippen LogP contribution in [0.1, 0.15) is 12.0 Å². The van der Waals surface area contributed by atoms with E-state index < -0.39 is 6.03 Å². The summed E-state index contributed by atoms with van der Waals surface area (Å²) in [6, 6.07) is 13.2. The first kappa shape index (κ1) is 16.2. The number of benzene rings is 2. The Morgan fingerprint density at radius 1 is 1.04 bits per heavy atom. The van der Waals surface area contributed by atoms with Crippen LogP contribution in [-0.4, -0.2) is 28.4 Å². The Bertz CT molecular complexity index is 1000. The summed E-state index contributed by atoms with van der Waals surface area (Å²) in [4.78, 5) is 32.4. The molecule has 0 saturated carbocycles. The number of halogens is 1. The van der Waals surface area contributed by atoms with E-state index in [1.165, 1.54) is 23.2 Å². The molecular formula is C20H16FN3O2. The molecule has 4 rings (SSSR count). The number of carbonyl (C=O) groups is 2. The summed E-state index contributed by atoms with van der Waals surface area (Å²) < 4.78 is 13.4. The van der Waals surface area contributed by atoms with Crippen molar-refractivity contribution in [3.63, 3.8) is 0 Å². The van der Waals surface area contributed by atoms with Crippen molar-refractivity contribution < 1.29 is 14.0 Å². The number of hydrogen-bond acceptors (Lipinski definition) is 3. The highest BCUT2D eigenvalue weighted by Gasteiger charge is 2.34. The Morgan fingerprint density at radius 2 is 1.88 bits per heavy atom. The van der Waals surface area contributed by atoms with Crippen LogP contribution in [0.2, 0.25) is 0 Å². The molecule has 2 aromatic carbocycles. The lowest BCUT2D eigenvalue weighted by molar-refractivity contribution is -0.119. The largest absolute Gasteiger partial charge is 0.331 e. The SMILES string of the molecule is O=C1CCN(Cc2cccc(F)c2)C(=O)N1c1cncc2ccccc12. The predicted molar refractivity (Wildman–Crippen MR) is 96.1 cm³/mol. The molecule has 2 heterocycles. The smallest absolute Gasteiger partial charge is 0.319 e. The van der Waals surface area contributed by atoms with Gasteiger partial charge in [-0.3, -0.25) is 9.78 Å². The van der Waals surface area contributed by atoms with Crippen LogP contribution < -0.4 is 4.90 Å². The van der Waals surface area contributed by atoms with E-state index in [1.807, 2.05) is 24.3 Å². The van der Waals surface area contributed by atoms with Gasteiger partial charge in [0.2, 0.25) is 5.91 Å². The normalized spacial score (nSPS) is 15.0. The third-order valence-corrected chi connectivity index (χ3v) is 4.46. The predicted octanol–water partition coefficient (Wildman–Crippen LogP) is 3.73. The minimum atomic E-state index is -0.413. The van der Waals surface area contributed by atoms with Crippen LogP contribution in [0.5, 0.6) is 0 Å². The molecule has 0 bridgehead atoms. The third kappa shape index (κ3) is 2.90. The summed E-state index contributed by atoms with van der Waals surface area (Å²) in [6.45, 7) is 0.557. The summed E-state index contributed by atoms with van der Waals surface area (Å²) in [5.74, 6) is -0.609. The number of aromatic nitrogens is 1. The zero-order chi connectivity index (χ0) is 18.1. The lowest BCUT2D eigenvalue weighted by atomic mass is 10.1. The summed E-state index contributed by atoms with van der Waals surface area (Å²) >= 11 is 0. The van der Waals surface area contributed by atoms with E-state index in [1.54, 1.807) is 23.2 Å². The molecule has 0 unspecified atom stereocenters. The molecule has 3 amide bonds. The van der Waals surface area contributed by atoms with Crippen molar-refractivity contribution in [2.45, 2.75) is 13.0 Å². The molecule has 1 aliphatic heterocycles. The van der Waals surface area contributed by atoms with Gasteiger partial charge >= 0.3 is 6.03 Å². The molecule has 1 aromatic heterocycles. The first-order valence-electron chi connectivity index (χ1n) is 8.32. The van der Waals surface area contributed by atoms with E-state index in [0.717, 1.165) is 10.8 Å². The molecule has 0 atom stereocenters. The third-order valence-electron chi connectivity index (χ3n) is 4.46. The topological polar surface area (TPSA) is 53.5 Å². The highest BCUT2D eigenvalue weighted by molar-refractivity contribution is 6.19. The molecule has 3 aromatic rings. The van der Waals surface area contributed by atoms with Crippen molar-refractivity contribution in [3.05, 3.63) is 72.3 Å². The number of anilines is 1. The van der Waals surface area contributed by atoms with Crippen LogP contribution in [0.4, 0.5) is 14.9 Å². The van der Waals surface area contributed by atoms with Gasteiger partial charge in [0.15, 0.2) is 0 Å². The van der Waals surface area contributed by atoms with E-state index >= 15 is 0 Å². The van der Waals surface area contributed by atoms with Gasteiger partial charge in [0.05, 0.1) is 11.9 Å². The lowest BCUT2D eigenvalue weighted by Gasteiger charge is -2.34. The summed E-state index contributed by atoms with van der Waals surface area (Å²) in [5.41, 5.74) is 1.16. The monoisotopic (exact) mass is 349 g/mol. The summed E-state index contributed by atoms with van der Waals surface area (Å²) in [5, 5.41) is 1.64. The fourth-order valence-electron chi connectivity index (χ4n) is 3.20. The number of fused-ring (bicyclic) bond motifs is 1. The highest BCUT2D eigenvalue weighted by Crippen LogP contribution is 2.29. The Labute approximate surface area is 149 Å². The number of pyridine rings is 1. The number of nitrogens with zero attached hydrogens (tertiary/aromatic N) is 3. The standard InChI is InChI=1S/C20H16FN3O2/c21-16-6-3-4-14(10-16)13-23-9-8-19(25)24(20(23)26)18-12-22-11-15-5-1-2-7-17(15)18/h1-7,10-12H,8-9,13H2. The molecule has 0 radical (unpaired) electrons. The van der Waals surface area contributed by atoms with Crippen molar-refractivity contribution in [2.75, 3.05) is 11.4 Å². The number of rotatable bonds is 3. The van der Waals surface area contributed by atoms with Gasteiger partial charge in [0.25, 0.3) is 0 Å². The number of hydrogen-bond donors (Lipinski definition) is 0. The van der Waals surface area contributed by atoms with Gasteiger partial charge in [0, 0.05) is 36.5 Å². The van der Waals surface area contributed by atoms with Crippen LogP contribution in [0.25, 0.3) is 10.8 Å². The molecular weight excluding hydrogens is 333 g/mol. The first-order chi connectivity index (χ1) is 12.6. The number of imide groups is 1. The van der Waals surface area contributed by atoms with Crippen LogP contribution in [0, 0.1) is 5.82 Å². The van der Waals surface area contributed by atoms with E-state index in [9.17, 15) is 14.0 Å². The Morgan fingerprint density at radius 3 is 2.73 bits per heavy atom. The van der Waals surface area contributed by atoms with Crippen LogP contribution in [-0.2, 0) is 11.3 Å². The van der Waals surface area contributed by atoms with Gasteiger partial charge in [-0.25, -0.2) is 14.1 Å². The molecule has 1 saturated heterocycles. The zero-order valence-electron chi connectivity index (χ0n) is 13.9. The quantitative estimate of drug-likeness (QED) is 0.724. The van der Waals surface area contributed by atoms with E-state index in [0.29, 0.717) is 17.8 Å². The fraction of sp³-hybridized carbons (Fsp3) is 0.150. The maximum absolute atomic E-state index is 13.4. The average Bonchev–Trinajstić information content (AvgIpc) is 2.64. The molecule has 130 valence electrons. The Balaban J connectivity index is 1.69. The average molecular weight is 349 g/mol. The first-order valence-corrected chi connectivity index (χ1v) is 8.32. The number of amides is 3. The number of urea groups is 1. The molecule has 6 heteroatoms. The molecule has 1 fully saturated rings. The second-order valence-electron chi connectivity index (χ2n) is 6.19. The van der Waals surface area contributed by atoms with Crippen molar-refractivity contribution >= 4 is 28.4 Å². The van der Waals surface area contributed by atoms with Crippen molar-refractivity contribution in [2.24, 2.45) is 0 Å². The van der Waals surface area contributed by atoms with Crippen molar-refractivity contribution in [1.29, 1.82) is 0 Å². The minimum Gasteiger partial charge on any atom is -0.319 e. The van der Waals surface area contributed by atoms with E-state index in [2.05, 4.69) is 4.98 Å². The lowest BCUT2D eigenvalue weighted by Crippen LogP contribution is -2.52. The highest BCUT2D eigenvalue weighted by atomic mass is 19.1. The molecule has 1 aliphatic rings. The van der Waals surface area contributed by atoms with Crippen LogP contribution in [0.15, 0.2) is 60.9 Å². The maximum atomic E-state index is 13.4. The second-order valence-corrected chi connectivity index (χ2v) is 6.19. The molecule has 0 spiro atoms. The van der Waals surface area contributed by atoms with Gasteiger partial charge in [-0.1, -0.05) is 36.4 Å². The van der Waals surface area contributed by atoms with Crippen molar-refractivity contribution in [1.82, 2.24) is 9.88 Å². The van der Waals surface area contributed by atoms with E-state index in [-0.39, 0.29) is 24.7 Å². The zero-order valence-corrected chi connectivity index (χ0v) is 13.9. The molecule has 0 aliphatic carbocycles. The van der Waals surface area contributed by atoms with E-state index in [4.69, 9.17) is 0 Å².